The SMILES string of the molecule is CCNC(=NCc1cccc(O)c1)NCc1ccccc1OCC1CC1.I. The van der Waals surface area contributed by atoms with Crippen LogP contribution in [0, 0.1) is 5.92 Å². The van der Waals surface area contributed by atoms with Gasteiger partial charge in [-0.25, -0.2) is 4.99 Å². The van der Waals surface area contributed by atoms with E-state index in [9.17, 15) is 5.11 Å². The molecular weight excluding hydrogens is 453 g/mol. The lowest BCUT2D eigenvalue weighted by molar-refractivity contribution is 0.296. The molecule has 0 bridgehead atoms. The number of halogens is 1. The van der Waals surface area contributed by atoms with E-state index >= 15 is 0 Å². The number of hydrogen-bond acceptors (Lipinski definition) is 3. The number of nitrogens with zero attached hydrogens (tertiary/aromatic N) is 1. The number of nitrogens with one attached hydrogen (secondary N) is 2. The minimum Gasteiger partial charge on any atom is -0.508 e. The molecule has 0 heterocycles. The Labute approximate surface area is 178 Å². The van der Waals surface area contributed by atoms with Crippen molar-refractivity contribution in [2.24, 2.45) is 10.9 Å². The molecule has 1 fully saturated rings. The van der Waals surface area contributed by atoms with Gasteiger partial charge in [0.2, 0.25) is 0 Å². The number of para-hydroxylation sites is 1. The summed E-state index contributed by atoms with van der Waals surface area (Å²) in [6.07, 6.45) is 2.57. The number of rotatable bonds is 8. The third-order valence-corrected chi connectivity index (χ3v) is 4.26. The Kier molecular flexibility index (Phi) is 8.71. The maximum absolute atomic E-state index is 9.56. The van der Waals surface area contributed by atoms with Crippen molar-refractivity contribution in [1.82, 2.24) is 10.6 Å². The van der Waals surface area contributed by atoms with Crippen molar-refractivity contribution in [3.63, 3.8) is 0 Å². The smallest absolute Gasteiger partial charge is 0.191 e. The molecule has 5 nitrogen and oxygen atoms in total. The number of benzene rings is 2. The van der Waals surface area contributed by atoms with Crippen LogP contribution in [-0.4, -0.2) is 24.2 Å². The highest BCUT2D eigenvalue weighted by atomic mass is 127. The first-order valence-electron chi connectivity index (χ1n) is 9.25. The van der Waals surface area contributed by atoms with Gasteiger partial charge in [-0.3, -0.25) is 0 Å². The molecule has 0 radical (unpaired) electrons. The second-order valence-corrected chi connectivity index (χ2v) is 6.58. The molecule has 0 atom stereocenters. The third-order valence-electron chi connectivity index (χ3n) is 4.26. The van der Waals surface area contributed by atoms with E-state index in [4.69, 9.17) is 4.74 Å². The molecule has 0 amide bonds. The van der Waals surface area contributed by atoms with E-state index in [1.807, 2.05) is 37.3 Å². The monoisotopic (exact) mass is 481 g/mol. The van der Waals surface area contributed by atoms with Crippen LogP contribution in [0.25, 0.3) is 0 Å². The van der Waals surface area contributed by atoms with Crippen molar-refractivity contribution < 1.29 is 9.84 Å². The number of aliphatic imine (C=N–C) groups is 1. The Balaban J connectivity index is 0.00000261. The van der Waals surface area contributed by atoms with E-state index in [-0.39, 0.29) is 29.7 Å². The van der Waals surface area contributed by atoms with Gasteiger partial charge in [0.15, 0.2) is 5.96 Å². The minimum atomic E-state index is 0. The molecule has 2 aromatic carbocycles. The predicted octanol–water partition coefficient (Wildman–Crippen LogP) is 4.05. The standard InChI is InChI=1S/C21H27N3O2.HI/c1-2-22-21(23-13-17-6-5-8-19(25)12-17)24-14-18-7-3-4-9-20(18)26-15-16-10-11-16;/h3-9,12,16,25H,2,10-11,13-15H2,1H3,(H2,22,23,24);1H. The number of hydrogen-bond donors (Lipinski definition) is 3. The van der Waals surface area contributed by atoms with Gasteiger partial charge < -0.3 is 20.5 Å². The van der Waals surface area contributed by atoms with E-state index in [0.29, 0.717) is 13.1 Å². The quantitative estimate of drug-likeness (QED) is 0.303. The summed E-state index contributed by atoms with van der Waals surface area (Å²) < 4.78 is 5.97. The summed E-state index contributed by atoms with van der Waals surface area (Å²) in [5.41, 5.74) is 2.09. The molecule has 0 aliphatic heterocycles. The lowest BCUT2D eigenvalue weighted by atomic mass is 10.2. The lowest BCUT2D eigenvalue weighted by Gasteiger charge is -2.14. The summed E-state index contributed by atoms with van der Waals surface area (Å²) >= 11 is 0. The van der Waals surface area contributed by atoms with Gasteiger partial charge in [-0.2, -0.15) is 0 Å². The van der Waals surface area contributed by atoms with Crippen LogP contribution in [0.1, 0.15) is 30.9 Å². The predicted molar refractivity (Wildman–Crippen MR) is 120 cm³/mol. The molecular formula is C21H28IN3O2. The second-order valence-electron chi connectivity index (χ2n) is 6.58. The first kappa shape index (κ1) is 21.3. The zero-order chi connectivity index (χ0) is 18.2. The minimum absolute atomic E-state index is 0. The summed E-state index contributed by atoms with van der Waals surface area (Å²) in [4.78, 5) is 4.60. The Morgan fingerprint density at radius 3 is 2.70 bits per heavy atom. The molecule has 6 heteroatoms. The van der Waals surface area contributed by atoms with Gasteiger partial charge in [-0.05, 0) is 49.4 Å². The molecule has 1 saturated carbocycles. The Morgan fingerprint density at radius 1 is 1.15 bits per heavy atom. The molecule has 0 saturated heterocycles. The summed E-state index contributed by atoms with van der Waals surface area (Å²) in [5.74, 6) is 2.68. The van der Waals surface area contributed by atoms with Crippen LogP contribution in [0.3, 0.4) is 0 Å². The highest BCUT2D eigenvalue weighted by Crippen LogP contribution is 2.30. The van der Waals surface area contributed by atoms with Gasteiger partial charge in [-0.15, -0.1) is 24.0 Å². The maximum Gasteiger partial charge on any atom is 0.191 e. The van der Waals surface area contributed by atoms with Crippen molar-refractivity contribution in [2.75, 3.05) is 13.2 Å². The number of aromatic hydroxyl groups is 1. The summed E-state index contributed by atoms with van der Waals surface area (Å²) in [7, 11) is 0. The van der Waals surface area contributed by atoms with Gasteiger partial charge in [0.25, 0.3) is 0 Å². The molecule has 146 valence electrons. The fourth-order valence-electron chi connectivity index (χ4n) is 2.63. The van der Waals surface area contributed by atoms with Gasteiger partial charge in [-0.1, -0.05) is 30.3 Å². The molecule has 1 aliphatic rings. The van der Waals surface area contributed by atoms with E-state index < -0.39 is 0 Å². The van der Waals surface area contributed by atoms with Crippen molar-refractivity contribution >= 4 is 29.9 Å². The maximum atomic E-state index is 9.56. The molecule has 3 N–H and O–H groups in total. The average molecular weight is 481 g/mol. The summed E-state index contributed by atoms with van der Waals surface area (Å²) in [6, 6.07) is 15.3. The number of guanidine groups is 1. The van der Waals surface area contributed by atoms with Gasteiger partial charge in [0.1, 0.15) is 11.5 Å². The Morgan fingerprint density at radius 2 is 1.96 bits per heavy atom. The van der Waals surface area contributed by atoms with Crippen molar-refractivity contribution in [3.05, 3.63) is 59.7 Å². The second kappa shape index (κ2) is 11.0. The molecule has 1 aliphatic carbocycles. The third kappa shape index (κ3) is 7.28. The molecule has 2 aromatic rings. The Bertz CT molecular complexity index is 748. The molecule has 0 spiro atoms. The number of phenolic OH excluding ortho intramolecular Hbond substituents is 1. The Hall–Kier alpha value is -1.96. The van der Waals surface area contributed by atoms with E-state index in [0.717, 1.165) is 41.9 Å². The molecule has 27 heavy (non-hydrogen) atoms. The van der Waals surface area contributed by atoms with Crippen LogP contribution in [-0.2, 0) is 13.1 Å². The van der Waals surface area contributed by atoms with Crippen LogP contribution in [0.15, 0.2) is 53.5 Å². The largest absolute Gasteiger partial charge is 0.508 e. The molecule has 0 unspecified atom stereocenters. The zero-order valence-electron chi connectivity index (χ0n) is 15.6. The van der Waals surface area contributed by atoms with Crippen LogP contribution in [0.4, 0.5) is 0 Å². The highest BCUT2D eigenvalue weighted by molar-refractivity contribution is 14.0. The van der Waals surface area contributed by atoms with Gasteiger partial charge in [0, 0.05) is 18.7 Å². The number of phenols is 1. The van der Waals surface area contributed by atoms with Crippen molar-refractivity contribution in [2.45, 2.75) is 32.9 Å². The first-order valence-corrected chi connectivity index (χ1v) is 9.25. The van der Waals surface area contributed by atoms with Crippen molar-refractivity contribution in [1.29, 1.82) is 0 Å². The van der Waals surface area contributed by atoms with Crippen LogP contribution < -0.4 is 15.4 Å². The molecule has 3 rings (SSSR count). The average Bonchev–Trinajstić information content (AvgIpc) is 3.47. The van der Waals surface area contributed by atoms with Gasteiger partial charge in [0.05, 0.1) is 13.2 Å². The fourth-order valence-corrected chi connectivity index (χ4v) is 2.63. The summed E-state index contributed by atoms with van der Waals surface area (Å²) in [5, 5.41) is 16.2. The van der Waals surface area contributed by atoms with E-state index in [2.05, 4.69) is 21.7 Å². The normalized spacial score (nSPS) is 13.6. The topological polar surface area (TPSA) is 65.9 Å². The van der Waals surface area contributed by atoms with Crippen LogP contribution >= 0.6 is 24.0 Å². The van der Waals surface area contributed by atoms with E-state index in [1.54, 1.807) is 12.1 Å². The van der Waals surface area contributed by atoms with E-state index in [1.165, 1.54) is 12.8 Å². The highest BCUT2D eigenvalue weighted by Gasteiger charge is 2.22. The van der Waals surface area contributed by atoms with Crippen molar-refractivity contribution in [3.8, 4) is 11.5 Å². The first-order chi connectivity index (χ1) is 12.7. The van der Waals surface area contributed by atoms with Crippen LogP contribution in [0.5, 0.6) is 11.5 Å². The fraction of sp³-hybridized carbons (Fsp3) is 0.381. The van der Waals surface area contributed by atoms with Gasteiger partial charge >= 0.3 is 0 Å². The lowest BCUT2D eigenvalue weighted by Crippen LogP contribution is -2.36. The number of ether oxygens (including phenoxy) is 1. The zero-order valence-corrected chi connectivity index (χ0v) is 18.0. The molecule has 0 aromatic heterocycles. The van der Waals surface area contributed by atoms with Crippen LogP contribution in [0.2, 0.25) is 0 Å². The summed E-state index contributed by atoms with van der Waals surface area (Å²) in [6.45, 7) is 4.78.